The van der Waals surface area contributed by atoms with Crippen molar-refractivity contribution in [3.05, 3.63) is 56.5 Å². The van der Waals surface area contributed by atoms with Crippen molar-refractivity contribution in [2.45, 2.75) is 13.8 Å². The van der Waals surface area contributed by atoms with Crippen LogP contribution in [0.3, 0.4) is 0 Å². The molecule has 0 unspecified atom stereocenters. The van der Waals surface area contributed by atoms with E-state index in [1.54, 1.807) is 0 Å². The zero-order chi connectivity index (χ0) is 14.0. The molecular formula is C18H12Br2. The lowest BCUT2D eigenvalue weighted by Gasteiger charge is -2.16. The highest BCUT2D eigenvalue weighted by Gasteiger charge is 2.15. The molecule has 20 heavy (non-hydrogen) atoms. The van der Waals surface area contributed by atoms with E-state index in [4.69, 9.17) is 0 Å². The van der Waals surface area contributed by atoms with Crippen molar-refractivity contribution >= 4 is 64.2 Å². The largest absolute Gasteiger partial charge is 0.0537 e. The van der Waals surface area contributed by atoms with E-state index in [1.807, 2.05) is 0 Å². The Morgan fingerprint density at radius 2 is 1.20 bits per heavy atom. The zero-order valence-electron chi connectivity index (χ0n) is 11.2. The van der Waals surface area contributed by atoms with E-state index in [0.29, 0.717) is 0 Å². The van der Waals surface area contributed by atoms with Gasteiger partial charge in [0.1, 0.15) is 0 Å². The maximum Gasteiger partial charge on any atom is 0.0294 e. The third kappa shape index (κ3) is 1.52. The lowest BCUT2D eigenvalue weighted by atomic mass is 9.92. The van der Waals surface area contributed by atoms with Gasteiger partial charge in [-0.1, -0.05) is 36.4 Å². The molecule has 98 valence electrons. The Morgan fingerprint density at radius 1 is 0.700 bits per heavy atom. The molecule has 0 atom stereocenters. The lowest BCUT2D eigenvalue weighted by Crippen LogP contribution is -1.90. The van der Waals surface area contributed by atoms with Crippen LogP contribution in [0, 0.1) is 13.8 Å². The monoisotopic (exact) mass is 386 g/mol. The van der Waals surface area contributed by atoms with Crippen molar-refractivity contribution in [3.63, 3.8) is 0 Å². The first-order valence-corrected chi connectivity index (χ1v) is 8.19. The summed E-state index contributed by atoms with van der Waals surface area (Å²) in [7, 11) is 0. The maximum atomic E-state index is 3.76. The van der Waals surface area contributed by atoms with E-state index in [2.05, 4.69) is 82.1 Å². The predicted octanol–water partition coefficient (Wildman–Crippen LogP) is 6.73. The number of hydrogen-bond acceptors (Lipinski definition) is 0. The minimum Gasteiger partial charge on any atom is -0.0537 e. The molecule has 0 N–H and O–H groups in total. The van der Waals surface area contributed by atoms with Gasteiger partial charge in [-0.2, -0.15) is 0 Å². The van der Waals surface area contributed by atoms with Crippen LogP contribution in [0.15, 0.2) is 45.3 Å². The van der Waals surface area contributed by atoms with Gasteiger partial charge in [-0.3, -0.25) is 0 Å². The second-order valence-corrected chi connectivity index (χ2v) is 7.03. The van der Waals surface area contributed by atoms with E-state index < -0.39 is 0 Å². The third-order valence-electron chi connectivity index (χ3n) is 4.12. The maximum absolute atomic E-state index is 3.76. The van der Waals surface area contributed by atoms with Crippen molar-refractivity contribution < 1.29 is 0 Å². The molecule has 0 amide bonds. The van der Waals surface area contributed by atoms with Crippen molar-refractivity contribution in [1.82, 2.24) is 0 Å². The average Bonchev–Trinajstić information content (AvgIpc) is 2.44. The Kier molecular flexibility index (Phi) is 2.64. The summed E-state index contributed by atoms with van der Waals surface area (Å²) in [6, 6.07) is 13.5. The summed E-state index contributed by atoms with van der Waals surface area (Å²) in [6.07, 6.45) is 0. The smallest absolute Gasteiger partial charge is 0.0294 e. The summed E-state index contributed by atoms with van der Waals surface area (Å²) >= 11 is 7.52. The molecule has 0 spiro atoms. The van der Waals surface area contributed by atoms with Crippen LogP contribution in [-0.2, 0) is 0 Å². The van der Waals surface area contributed by atoms with Gasteiger partial charge in [-0.15, -0.1) is 0 Å². The standard InChI is InChI=1S/C18H12Br2/c1-9-7-11-3-5-13-16-14(18(20)10(2)17(13)19)6-4-12(8-9)15(11)16/h3-8H,1-2H3. The van der Waals surface area contributed by atoms with Gasteiger partial charge < -0.3 is 0 Å². The third-order valence-corrected chi connectivity index (χ3v) is 6.17. The first-order chi connectivity index (χ1) is 9.58. The molecule has 0 aliphatic rings. The predicted molar refractivity (Wildman–Crippen MR) is 95.0 cm³/mol. The first kappa shape index (κ1) is 12.6. The number of rotatable bonds is 0. The Bertz CT molecular complexity index is 911. The quantitative estimate of drug-likeness (QED) is 0.293. The van der Waals surface area contributed by atoms with E-state index in [-0.39, 0.29) is 0 Å². The van der Waals surface area contributed by atoms with Crippen LogP contribution < -0.4 is 0 Å². The fraction of sp³-hybridized carbons (Fsp3) is 0.111. The van der Waals surface area contributed by atoms with Crippen molar-refractivity contribution in [2.24, 2.45) is 0 Å². The van der Waals surface area contributed by atoms with Crippen LogP contribution in [0.25, 0.3) is 32.3 Å². The van der Waals surface area contributed by atoms with Crippen LogP contribution in [0.2, 0.25) is 0 Å². The van der Waals surface area contributed by atoms with Crippen molar-refractivity contribution in [1.29, 1.82) is 0 Å². The van der Waals surface area contributed by atoms with E-state index >= 15 is 0 Å². The van der Waals surface area contributed by atoms with Gasteiger partial charge in [0.2, 0.25) is 0 Å². The van der Waals surface area contributed by atoms with Gasteiger partial charge in [-0.25, -0.2) is 0 Å². The minimum absolute atomic E-state index is 1.19. The normalized spacial score (nSPS) is 12.0. The summed E-state index contributed by atoms with van der Waals surface area (Å²) in [4.78, 5) is 0. The highest BCUT2D eigenvalue weighted by molar-refractivity contribution is 9.11. The molecule has 0 saturated carbocycles. The van der Waals surface area contributed by atoms with Crippen LogP contribution in [-0.4, -0.2) is 0 Å². The van der Waals surface area contributed by atoms with E-state index in [9.17, 15) is 0 Å². The molecule has 4 rings (SSSR count). The van der Waals surface area contributed by atoms with Gasteiger partial charge in [-0.05, 0) is 89.2 Å². The van der Waals surface area contributed by atoms with Gasteiger partial charge in [0, 0.05) is 8.95 Å². The fourth-order valence-corrected chi connectivity index (χ4v) is 4.51. The first-order valence-electron chi connectivity index (χ1n) is 6.60. The summed E-state index contributed by atoms with van der Waals surface area (Å²) < 4.78 is 2.37. The summed E-state index contributed by atoms with van der Waals surface area (Å²) in [6.45, 7) is 4.30. The average molecular weight is 388 g/mol. The molecule has 0 radical (unpaired) electrons. The number of halogens is 2. The molecule has 0 bridgehead atoms. The molecule has 0 fully saturated rings. The number of aryl methyl sites for hydroxylation is 1. The second kappa shape index (κ2) is 4.19. The minimum atomic E-state index is 1.19. The molecule has 4 aromatic carbocycles. The van der Waals surface area contributed by atoms with Gasteiger partial charge >= 0.3 is 0 Å². The molecule has 2 heteroatoms. The van der Waals surface area contributed by atoms with Gasteiger partial charge in [0.25, 0.3) is 0 Å². The second-order valence-electron chi connectivity index (χ2n) is 5.44. The fourth-order valence-electron chi connectivity index (χ4n) is 3.19. The summed E-state index contributed by atoms with van der Waals surface area (Å²) in [5.41, 5.74) is 2.57. The van der Waals surface area contributed by atoms with Crippen LogP contribution in [0.1, 0.15) is 11.1 Å². The van der Waals surface area contributed by atoms with Crippen LogP contribution >= 0.6 is 31.9 Å². The van der Waals surface area contributed by atoms with Crippen molar-refractivity contribution in [3.8, 4) is 0 Å². The molecule has 4 aromatic rings. The van der Waals surface area contributed by atoms with E-state index in [0.717, 1.165) is 0 Å². The van der Waals surface area contributed by atoms with Gasteiger partial charge in [0.15, 0.2) is 0 Å². The molecule has 0 heterocycles. The van der Waals surface area contributed by atoms with Crippen molar-refractivity contribution in [2.75, 3.05) is 0 Å². The Balaban J connectivity index is 2.43. The summed E-state index contributed by atoms with van der Waals surface area (Å²) in [5.74, 6) is 0. The molecule has 0 aromatic heterocycles. The van der Waals surface area contributed by atoms with Gasteiger partial charge in [0.05, 0.1) is 0 Å². The van der Waals surface area contributed by atoms with Crippen LogP contribution in [0.4, 0.5) is 0 Å². The zero-order valence-corrected chi connectivity index (χ0v) is 14.4. The highest BCUT2D eigenvalue weighted by Crippen LogP contribution is 2.43. The molecular weight excluding hydrogens is 376 g/mol. The Labute approximate surface area is 134 Å². The topological polar surface area (TPSA) is 0 Å². The van der Waals surface area contributed by atoms with E-state index in [1.165, 1.54) is 52.4 Å². The lowest BCUT2D eigenvalue weighted by molar-refractivity contribution is 1.45. The molecule has 0 aliphatic heterocycles. The molecule has 0 saturated heterocycles. The number of hydrogen-bond donors (Lipinski definition) is 0. The highest BCUT2D eigenvalue weighted by atomic mass is 79.9. The number of benzene rings is 4. The summed E-state index contributed by atoms with van der Waals surface area (Å²) in [5, 5.41) is 7.95. The SMILES string of the molecule is Cc1cc2ccc3c(Br)c(C)c(Br)c4ccc(c1)c2c34. The molecule has 0 nitrogen and oxygen atoms in total. The Hall–Kier alpha value is -1.12. The Morgan fingerprint density at radius 3 is 1.70 bits per heavy atom. The van der Waals surface area contributed by atoms with Crippen LogP contribution in [0.5, 0.6) is 0 Å². The molecule has 0 aliphatic carbocycles.